The number of rotatable bonds is 3. The molecule has 2 rings (SSSR count). The summed E-state index contributed by atoms with van der Waals surface area (Å²) in [6.45, 7) is 0. The van der Waals surface area contributed by atoms with Crippen molar-refractivity contribution in [1.82, 2.24) is 25.4 Å². The van der Waals surface area contributed by atoms with Crippen LogP contribution < -0.4 is 11.3 Å². The van der Waals surface area contributed by atoms with Gasteiger partial charge in [0, 0.05) is 24.8 Å². The topological polar surface area (TPSA) is 89.6 Å². The monoisotopic (exact) mass is 202 g/mol. The van der Waals surface area contributed by atoms with E-state index in [2.05, 4.69) is 25.4 Å². The quantitative estimate of drug-likeness (QED) is 0.530. The van der Waals surface area contributed by atoms with Gasteiger partial charge in [-0.15, -0.1) is 0 Å². The highest BCUT2D eigenvalue weighted by molar-refractivity contribution is 5.12. The lowest BCUT2D eigenvalue weighted by Gasteiger charge is -2.12. The summed E-state index contributed by atoms with van der Waals surface area (Å²) in [5.74, 6) is 6.01. The van der Waals surface area contributed by atoms with Gasteiger partial charge in [-0.05, 0) is 6.07 Å². The van der Waals surface area contributed by atoms with Gasteiger partial charge in [0.15, 0.2) is 5.82 Å². The minimum absolute atomic E-state index is 0.333. The SMILES string of the molecule is NNC(c1cnccn1)c1ncccn1. The van der Waals surface area contributed by atoms with Crippen molar-refractivity contribution < 1.29 is 0 Å². The molecule has 76 valence electrons. The number of hydrogen-bond acceptors (Lipinski definition) is 6. The van der Waals surface area contributed by atoms with Gasteiger partial charge in [0.05, 0.1) is 11.9 Å². The second kappa shape index (κ2) is 4.54. The lowest BCUT2D eigenvalue weighted by Crippen LogP contribution is -2.30. The fourth-order valence-corrected chi connectivity index (χ4v) is 1.21. The van der Waals surface area contributed by atoms with Crippen LogP contribution in [0.25, 0.3) is 0 Å². The maximum atomic E-state index is 5.44. The number of nitrogens with zero attached hydrogens (tertiary/aromatic N) is 4. The lowest BCUT2D eigenvalue weighted by atomic mass is 10.2. The van der Waals surface area contributed by atoms with Crippen molar-refractivity contribution in [2.24, 2.45) is 5.84 Å². The fraction of sp³-hybridized carbons (Fsp3) is 0.111. The Morgan fingerprint density at radius 1 is 1.07 bits per heavy atom. The third-order valence-corrected chi connectivity index (χ3v) is 1.89. The van der Waals surface area contributed by atoms with Crippen LogP contribution >= 0.6 is 0 Å². The minimum Gasteiger partial charge on any atom is -0.270 e. The Kier molecular flexibility index (Phi) is 2.91. The van der Waals surface area contributed by atoms with Crippen molar-refractivity contribution in [3.8, 4) is 0 Å². The van der Waals surface area contributed by atoms with Crippen molar-refractivity contribution >= 4 is 0 Å². The number of nitrogens with two attached hydrogens (primary N) is 1. The van der Waals surface area contributed by atoms with E-state index in [9.17, 15) is 0 Å². The molecule has 0 bridgehead atoms. The summed E-state index contributed by atoms with van der Waals surface area (Å²) in [6, 6.07) is 1.41. The third-order valence-electron chi connectivity index (χ3n) is 1.89. The third kappa shape index (κ3) is 2.12. The molecule has 0 spiro atoms. The molecule has 0 saturated carbocycles. The maximum Gasteiger partial charge on any atom is 0.152 e. The Labute approximate surface area is 86.6 Å². The average Bonchev–Trinajstić information content (AvgIpc) is 2.33. The normalized spacial score (nSPS) is 12.3. The van der Waals surface area contributed by atoms with Crippen LogP contribution in [-0.4, -0.2) is 19.9 Å². The molecule has 3 N–H and O–H groups in total. The first-order chi connectivity index (χ1) is 7.42. The first kappa shape index (κ1) is 9.63. The van der Waals surface area contributed by atoms with Crippen LogP contribution in [-0.2, 0) is 0 Å². The zero-order valence-electron chi connectivity index (χ0n) is 7.91. The highest BCUT2D eigenvalue weighted by atomic mass is 15.3. The van der Waals surface area contributed by atoms with Crippen LogP contribution in [0.4, 0.5) is 0 Å². The van der Waals surface area contributed by atoms with Gasteiger partial charge < -0.3 is 0 Å². The van der Waals surface area contributed by atoms with Crippen LogP contribution in [0.2, 0.25) is 0 Å². The summed E-state index contributed by atoms with van der Waals surface area (Å²) < 4.78 is 0. The van der Waals surface area contributed by atoms with E-state index in [0.717, 1.165) is 0 Å². The van der Waals surface area contributed by atoms with Crippen LogP contribution in [0.5, 0.6) is 0 Å². The van der Waals surface area contributed by atoms with Gasteiger partial charge in [-0.1, -0.05) is 0 Å². The zero-order valence-corrected chi connectivity index (χ0v) is 7.91. The molecule has 6 heteroatoms. The Bertz CT molecular complexity index is 364. The van der Waals surface area contributed by atoms with E-state index < -0.39 is 0 Å². The van der Waals surface area contributed by atoms with Crippen molar-refractivity contribution in [3.63, 3.8) is 0 Å². The lowest BCUT2D eigenvalue weighted by molar-refractivity contribution is 0.584. The van der Waals surface area contributed by atoms with Crippen molar-refractivity contribution in [1.29, 1.82) is 0 Å². The van der Waals surface area contributed by atoms with E-state index in [1.54, 1.807) is 37.1 Å². The fourth-order valence-electron chi connectivity index (χ4n) is 1.21. The van der Waals surface area contributed by atoms with E-state index in [1.165, 1.54) is 0 Å². The summed E-state index contributed by atoms with van der Waals surface area (Å²) in [6.07, 6.45) is 8.14. The molecule has 1 atom stereocenters. The van der Waals surface area contributed by atoms with Crippen LogP contribution in [0.15, 0.2) is 37.1 Å². The minimum atomic E-state index is -0.333. The largest absolute Gasteiger partial charge is 0.270 e. The van der Waals surface area contributed by atoms with E-state index >= 15 is 0 Å². The second-order valence-corrected chi connectivity index (χ2v) is 2.84. The summed E-state index contributed by atoms with van der Waals surface area (Å²) in [5.41, 5.74) is 3.29. The molecule has 2 heterocycles. The number of nitrogens with one attached hydrogen (secondary N) is 1. The predicted molar refractivity (Wildman–Crippen MR) is 53.2 cm³/mol. The van der Waals surface area contributed by atoms with E-state index in [0.29, 0.717) is 11.5 Å². The van der Waals surface area contributed by atoms with Gasteiger partial charge in [-0.25, -0.2) is 15.4 Å². The highest BCUT2D eigenvalue weighted by Crippen LogP contribution is 2.13. The maximum absolute atomic E-state index is 5.44. The van der Waals surface area contributed by atoms with Gasteiger partial charge in [-0.3, -0.25) is 15.8 Å². The van der Waals surface area contributed by atoms with Gasteiger partial charge >= 0.3 is 0 Å². The van der Waals surface area contributed by atoms with Gasteiger partial charge in [0.1, 0.15) is 6.04 Å². The first-order valence-electron chi connectivity index (χ1n) is 4.41. The van der Waals surface area contributed by atoms with Crippen LogP contribution in [0.1, 0.15) is 17.6 Å². The summed E-state index contributed by atoms with van der Waals surface area (Å²) in [5, 5.41) is 0. The molecule has 0 amide bonds. The molecule has 0 aromatic carbocycles. The van der Waals surface area contributed by atoms with E-state index in [1.807, 2.05) is 0 Å². The molecule has 2 aromatic rings. The molecule has 0 aliphatic rings. The predicted octanol–water partition coefficient (Wildman–Crippen LogP) is -0.181. The highest BCUT2D eigenvalue weighted by Gasteiger charge is 2.15. The van der Waals surface area contributed by atoms with Crippen molar-refractivity contribution in [2.45, 2.75) is 6.04 Å². The summed E-state index contributed by atoms with van der Waals surface area (Å²) in [7, 11) is 0. The number of hydrazine groups is 1. The average molecular weight is 202 g/mol. The molecule has 0 aliphatic heterocycles. The van der Waals surface area contributed by atoms with Crippen molar-refractivity contribution in [3.05, 3.63) is 48.6 Å². The smallest absolute Gasteiger partial charge is 0.152 e. The van der Waals surface area contributed by atoms with E-state index in [4.69, 9.17) is 5.84 Å². The van der Waals surface area contributed by atoms with Crippen LogP contribution in [0, 0.1) is 0 Å². The molecule has 0 aliphatic carbocycles. The molecular formula is C9H10N6. The molecule has 1 unspecified atom stereocenters. The Hall–Kier alpha value is -1.92. The zero-order chi connectivity index (χ0) is 10.5. The molecular weight excluding hydrogens is 192 g/mol. The Morgan fingerprint density at radius 3 is 2.47 bits per heavy atom. The molecule has 0 radical (unpaired) electrons. The molecule has 0 fully saturated rings. The Morgan fingerprint density at radius 2 is 1.87 bits per heavy atom. The molecule has 0 saturated heterocycles. The standard InChI is InChI=1S/C9H10N6/c10-15-8(7-6-11-4-5-12-7)9-13-2-1-3-14-9/h1-6,8,15H,10H2. The summed E-state index contributed by atoms with van der Waals surface area (Å²) in [4.78, 5) is 16.3. The second-order valence-electron chi connectivity index (χ2n) is 2.84. The van der Waals surface area contributed by atoms with Gasteiger partial charge in [-0.2, -0.15) is 0 Å². The first-order valence-corrected chi connectivity index (χ1v) is 4.41. The van der Waals surface area contributed by atoms with Crippen molar-refractivity contribution in [2.75, 3.05) is 0 Å². The van der Waals surface area contributed by atoms with Crippen LogP contribution in [0.3, 0.4) is 0 Å². The molecule has 2 aromatic heterocycles. The molecule has 15 heavy (non-hydrogen) atoms. The van der Waals surface area contributed by atoms with Gasteiger partial charge in [0.25, 0.3) is 0 Å². The summed E-state index contributed by atoms with van der Waals surface area (Å²) >= 11 is 0. The number of hydrogen-bond donors (Lipinski definition) is 2. The van der Waals surface area contributed by atoms with Gasteiger partial charge in [0.2, 0.25) is 0 Å². The number of aromatic nitrogens is 4. The van der Waals surface area contributed by atoms with E-state index in [-0.39, 0.29) is 6.04 Å². The Balaban J connectivity index is 2.34. The molecule has 6 nitrogen and oxygen atoms in total.